The van der Waals surface area contributed by atoms with Crippen LogP contribution in [0, 0.1) is 10.1 Å². The molecule has 1 aromatic heterocycles. The first-order chi connectivity index (χ1) is 11.0. The van der Waals surface area contributed by atoms with E-state index in [4.69, 9.17) is 4.42 Å². The number of non-ortho nitro benzene ring substituents is 1. The van der Waals surface area contributed by atoms with Crippen LogP contribution < -0.4 is 0 Å². The zero-order chi connectivity index (χ0) is 16.6. The molecule has 1 aromatic carbocycles. The summed E-state index contributed by atoms with van der Waals surface area (Å²) in [5.41, 5.74) is 1.45. The van der Waals surface area contributed by atoms with E-state index in [1.165, 1.54) is 18.2 Å². The third-order valence-corrected chi connectivity index (χ3v) is 3.87. The van der Waals surface area contributed by atoms with Crippen molar-refractivity contribution < 1.29 is 19.0 Å². The molecule has 3 rings (SSSR count). The Bertz CT molecular complexity index is 882. The molecule has 0 spiro atoms. The van der Waals surface area contributed by atoms with Crippen molar-refractivity contribution in [2.45, 2.75) is 6.92 Å². The van der Waals surface area contributed by atoms with Crippen LogP contribution in [0.3, 0.4) is 0 Å². The number of hydrogen-bond donors (Lipinski definition) is 0. The van der Waals surface area contributed by atoms with Crippen LogP contribution in [0.25, 0.3) is 17.4 Å². The molecule has 0 amide bonds. The molecule has 2 heterocycles. The summed E-state index contributed by atoms with van der Waals surface area (Å²) in [6.07, 6.45) is 1.54. The summed E-state index contributed by atoms with van der Waals surface area (Å²) in [7, 11) is 0. The number of hydrogen-bond acceptors (Lipinski definition) is 6. The summed E-state index contributed by atoms with van der Waals surface area (Å²) in [4.78, 5) is 26.4. The fourth-order valence-electron chi connectivity index (χ4n) is 2.05. The van der Waals surface area contributed by atoms with Gasteiger partial charge in [0, 0.05) is 22.2 Å². The van der Waals surface area contributed by atoms with Crippen LogP contribution >= 0.6 is 15.9 Å². The average Bonchev–Trinajstić information content (AvgIpc) is 3.09. The summed E-state index contributed by atoms with van der Waals surface area (Å²) in [5, 5.41) is 14.3. The van der Waals surface area contributed by atoms with Crippen LogP contribution in [0.5, 0.6) is 0 Å². The Balaban J connectivity index is 1.94. The SMILES string of the molecule is CC1=NOC(=O)/C1=C\c1ccc(-c2ccc([N+](=O)[O-])cc2Br)o1. The Morgan fingerprint density at radius 3 is 2.70 bits per heavy atom. The van der Waals surface area contributed by atoms with Crippen LogP contribution in [-0.4, -0.2) is 16.6 Å². The number of halogens is 1. The highest BCUT2D eigenvalue weighted by molar-refractivity contribution is 9.10. The Labute approximate surface area is 138 Å². The number of carbonyl (C=O) groups is 1. The van der Waals surface area contributed by atoms with Gasteiger partial charge in [0.25, 0.3) is 5.69 Å². The first-order valence-electron chi connectivity index (χ1n) is 6.48. The number of furan rings is 1. The number of rotatable bonds is 3. The molecule has 0 bridgehead atoms. The fraction of sp³-hybridized carbons (Fsp3) is 0.0667. The molecule has 0 N–H and O–H groups in total. The fourth-order valence-corrected chi connectivity index (χ4v) is 2.62. The molecular weight excluding hydrogens is 368 g/mol. The first kappa shape index (κ1) is 15.2. The summed E-state index contributed by atoms with van der Waals surface area (Å²) in [5.74, 6) is 0.435. The molecule has 0 fully saturated rings. The van der Waals surface area contributed by atoms with E-state index in [-0.39, 0.29) is 5.69 Å². The predicted molar refractivity (Wildman–Crippen MR) is 85.7 cm³/mol. The van der Waals surface area contributed by atoms with Crippen LogP contribution in [-0.2, 0) is 9.63 Å². The maximum Gasteiger partial charge on any atom is 0.367 e. The summed E-state index contributed by atoms with van der Waals surface area (Å²) >= 11 is 3.30. The van der Waals surface area contributed by atoms with Gasteiger partial charge in [0.2, 0.25) is 0 Å². The number of carbonyl (C=O) groups excluding carboxylic acids is 1. The van der Waals surface area contributed by atoms with E-state index in [0.29, 0.717) is 32.8 Å². The average molecular weight is 377 g/mol. The van der Waals surface area contributed by atoms with E-state index in [9.17, 15) is 14.9 Å². The second-order valence-corrected chi connectivity index (χ2v) is 5.59. The second kappa shape index (κ2) is 5.81. The van der Waals surface area contributed by atoms with Gasteiger partial charge in [-0.15, -0.1) is 0 Å². The van der Waals surface area contributed by atoms with Gasteiger partial charge in [0.1, 0.15) is 11.5 Å². The Morgan fingerprint density at radius 2 is 2.09 bits per heavy atom. The molecule has 0 saturated carbocycles. The Hall–Kier alpha value is -2.74. The van der Waals surface area contributed by atoms with Gasteiger partial charge in [-0.3, -0.25) is 10.1 Å². The van der Waals surface area contributed by atoms with E-state index >= 15 is 0 Å². The standard InChI is InChI=1S/C15H9BrN2O5/c1-8-12(15(19)23-17-8)7-10-3-5-14(22-10)11-4-2-9(18(20)21)6-13(11)16/h2-7H,1H3/b12-7-. The van der Waals surface area contributed by atoms with Crippen molar-refractivity contribution in [2.75, 3.05) is 0 Å². The molecule has 23 heavy (non-hydrogen) atoms. The lowest BCUT2D eigenvalue weighted by molar-refractivity contribution is -0.384. The van der Waals surface area contributed by atoms with E-state index in [1.54, 1.807) is 25.1 Å². The topological polar surface area (TPSA) is 94.9 Å². The highest BCUT2D eigenvalue weighted by Gasteiger charge is 2.22. The third-order valence-electron chi connectivity index (χ3n) is 3.22. The molecule has 116 valence electrons. The molecule has 0 radical (unpaired) electrons. The monoisotopic (exact) mass is 376 g/mol. The molecule has 0 aliphatic carbocycles. The minimum atomic E-state index is -0.531. The molecule has 7 nitrogen and oxygen atoms in total. The van der Waals surface area contributed by atoms with Crippen LogP contribution in [0.1, 0.15) is 12.7 Å². The molecule has 0 atom stereocenters. The lowest BCUT2D eigenvalue weighted by Gasteiger charge is -2.01. The van der Waals surface area contributed by atoms with Crippen molar-refractivity contribution in [3.63, 3.8) is 0 Å². The zero-order valence-electron chi connectivity index (χ0n) is 11.8. The van der Waals surface area contributed by atoms with Crippen LogP contribution in [0.15, 0.2) is 50.0 Å². The molecule has 1 aliphatic rings. The largest absolute Gasteiger partial charge is 0.457 e. The third kappa shape index (κ3) is 2.93. The smallest absolute Gasteiger partial charge is 0.367 e. The van der Waals surface area contributed by atoms with Gasteiger partial charge in [-0.2, -0.15) is 0 Å². The highest BCUT2D eigenvalue weighted by Crippen LogP contribution is 2.33. The predicted octanol–water partition coefficient (Wildman–Crippen LogP) is 3.93. The minimum Gasteiger partial charge on any atom is -0.457 e. The van der Waals surface area contributed by atoms with Gasteiger partial charge in [-0.1, -0.05) is 5.16 Å². The minimum absolute atomic E-state index is 0.0185. The van der Waals surface area contributed by atoms with Gasteiger partial charge >= 0.3 is 5.97 Å². The molecule has 8 heteroatoms. The summed E-state index contributed by atoms with van der Waals surface area (Å²) in [6.45, 7) is 1.66. The molecule has 2 aromatic rings. The maximum absolute atomic E-state index is 11.5. The van der Waals surface area contributed by atoms with E-state index in [2.05, 4.69) is 25.9 Å². The Kier molecular flexibility index (Phi) is 3.83. The van der Waals surface area contributed by atoms with Gasteiger partial charge in [0.05, 0.1) is 16.2 Å². The van der Waals surface area contributed by atoms with Crippen molar-refractivity contribution in [3.05, 3.63) is 56.3 Å². The van der Waals surface area contributed by atoms with Crippen molar-refractivity contribution in [3.8, 4) is 11.3 Å². The number of oxime groups is 1. The summed E-state index contributed by atoms with van der Waals surface area (Å²) in [6, 6.07) is 7.79. The molecule has 1 aliphatic heterocycles. The molecule has 0 saturated heterocycles. The van der Waals surface area contributed by atoms with Crippen molar-refractivity contribution >= 4 is 39.4 Å². The number of benzene rings is 1. The van der Waals surface area contributed by atoms with Crippen molar-refractivity contribution in [2.24, 2.45) is 5.16 Å². The van der Waals surface area contributed by atoms with E-state index in [1.807, 2.05) is 0 Å². The quantitative estimate of drug-likeness (QED) is 0.350. The maximum atomic E-state index is 11.5. The van der Waals surface area contributed by atoms with Gasteiger partial charge in [-0.05, 0) is 47.1 Å². The highest BCUT2D eigenvalue weighted by atomic mass is 79.9. The molecular formula is C15H9BrN2O5. The van der Waals surface area contributed by atoms with E-state index in [0.717, 1.165) is 0 Å². The van der Waals surface area contributed by atoms with Gasteiger partial charge < -0.3 is 9.25 Å². The lowest BCUT2D eigenvalue weighted by Crippen LogP contribution is -2.01. The normalized spacial score (nSPS) is 15.7. The van der Waals surface area contributed by atoms with Gasteiger partial charge in [0.15, 0.2) is 0 Å². The first-order valence-corrected chi connectivity index (χ1v) is 7.27. The zero-order valence-corrected chi connectivity index (χ0v) is 13.4. The van der Waals surface area contributed by atoms with Crippen molar-refractivity contribution in [1.82, 2.24) is 0 Å². The summed E-state index contributed by atoms with van der Waals surface area (Å²) < 4.78 is 6.21. The van der Waals surface area contributed by atoms with Crippen LogP contribution in [0.2, 0.25) is 0 Å². The second-order valence-electron chi connectivity index (χ2n) is 4.74. The van der Waals surface area contributed by atoms with E-state index < -0.39 is 10.9 Å². The number of nitrogens with zero attached hydrogens (tertiary/aromatic N) is 2. The molecule has 0 unspecified atom stereocenters. The van der Waals surface area contributed by atoms with Gasteiger partial charge in [-0.25, -0.2) is 4.79 Å². The van der Waals surface area contributed by atoms with Crippen molar-refractivity contribution in [1.29, 1.82) is 0 Å². The Morgan fingerprint density at radius 1 is 1.30 bits per heavy atom. The number of nitro groups is 1. The number of nitro benzene ring substituents is 1. The van der Waals surface area contributed by atoms with Crippen LogP contribution in [0.4, 0.5) is 5.69 Å². The lowest BCUT2D eigenvalue weighted by atomic mass is 10.1.